The zero-order valence-electron chi connectivity index (χ0n) is 18.9. The highest BCUT2D eigenvalue weighted by Gasteiger charge is 2.27. The number of nitrogens with zero attached hydrogens (tertiary/aromatic N) is 1. The highest BCUT2D eigenvalue weighted by molar-refractivity contribution is 7.92. The lowest BCUT2D eigenvalue weighted by Gasteiger charge is -2.24. The van der Waals surface area contributed by atoms with Gasteiger partial charge in [0.25, 0.3) is 10.0 Å². The lowest BCUT2D eigenvalue weighted by Crippen LogP contribution is -2.38. The zero-order valence-corrected chi connectivity index (χ0v) is 19.7. The Morgan fingerprint density at radius 3 is 2.17 bits per heavy atom. The molecule has 0 aromatic heterocycles. The van der Waals surface area contributed by atoms with Crippen molar-refractivity contribution in [3.05, 3.63) is 115 Å². The van der Waals surface area contributed by atoms with E-state index >= 15 is 0 Å². The summed E-state index contributed by atoms with van der Waals surface area (Å²) >= 11 is 0. The minimum Gasteiger partial charge on any atom is -0.455 e. The fourth-order valence-corrected chi connectivity index (χ4v) is 4.78. The molecule has 0 fully saturated rings. The maximum Gasteiger partial charge on any atom is 0.264 e. The molecule has 0 saturated heterocycles. The lowest BCUT2D eigenvalue weighted by atomic mass is 10.2. The van der Waals surface area contributed by atoms with Gasteiger partial charge in [-0.25, -0.2) is 12.8 Å². The molecular formula is C27H23FN2O4S. The quantitative estimate of drug-likeness (QED) is 0.341. The number of hydrogen-bond acceptors (Lipinski definition) is 4. The Hall–Kier alpha value is -4.17. The summed E-state index contributed by atoms with van der Waals surface area (Å²) < 4.78 is 47.3. The SMILES string of the molecule is Cc1ccc(S(=O)(=O)N(CC(=O)Nc2ccccc2Oc2ccccc2)c2ccc(F)cc2)cc1. The van der Waals surface area contributed by atoms with Gasteiger partial charge >= 0.3 is 0 Å². The van der Waals surface area contributed by atoms with E-state index in [1.54, 1.807) is 48.5 Å². The van der Waals surface area contributed by atoms with Gasteiger partial charge in [0.2, 0.25) is 5.91 Å². The standard InChI is InChI=1S/C27H23FN2O4S/c1-20-11-17-24(18-12-20)35(32,33)30(22-15-13-21(28)14-16-22)19-27(31)29-25-9-5-6-10-26(25)34-23-7-3-2-4-8-23/h2-18H,19H2,1H3,(H,29,31). The number of benzene rings is 4. The van der Waals surface area contributed by atoms with Crippen molar-refractivity contribution in [2.75, 3.05) is 16.2 Å². The highest BCUT2D eigenvalue weighted by Crippen LogP contribution is 2.30. The summed E-state index contributed by atoms with van der Waals surface area (Å²) in [5.74, 6) is -0.113. The third-order valence-corrected chi connectivity index (χ3v) is 6.93. The number of halogens is 1. The van der Waals surface area contributed by atoms with E-state index in [0.29, 0.717) is 17.2 Å². The number of aryl methyl sites for hydroxylation is 1. The maximum atomic E-state index is 13.5. The van der Waals surface area contributed by atoms with Crippen molar-refractivity contribution in [2.24, 2.45) is 0 Å². The average molecular weight is 491 g/mol. The van der Waals surface area contributed by atoms with Crippen molar-refractivity contribution >= 4 is 27.3 Å². The fourth-order valence-electron chi connectivity index (χ4n) is 3.35. The molecule has 0 aliphatic rings. The van der Waals surface area contributed by atoms with Gasteiger partial charge in [0.15, 0.2) is 5.75 Å². The molecule has 4 aromatic carbocycles. The van der Waals surface area contributed by atoms with E-state index in [1.807, 2.05) is 25.1 Å². The molecule has 0 aliphatic carbocycles. The van der Waals surface area contributed by atoms with Gasteiger partial charge < -0.3 is 10.1 Å². The number of carbonyl (C=O) groups excluding carboxylic acids is 1. The van der Waals surface area contributed by atoms with Crippen molar-refractivity contribution in [3.8, 4) is 11.5 Å². The number of para-hydroxylation sites is 3. The Kier molecular flexibility index (Phi) is 7.12. The summed E-state index contributed by atoms with van der Waals surface area (Å²) in [5, 5.41) is 2.73. The summed E-state index contributed by atoms with van der Waals surface area (Å²) in [6.07, 6.45) is 0. The van der Waals surface area contributed by atoms with Crippen LogP contribution in [0.1, 0.15) is 5.56 Å². The smallest absolute Gasteiger partial charge is 0.264 e. The van der Waals surface area contributed by atoms with Crippen LogP contribution in [0, 0.1) is 12.7 Å². The molecule has 4 rings (SSSR count). The molecule has 0 saturated carbocycles. The van der Waals surface area contributed by atoms with E-state index in [-0.39, 0.29) is 10.6 Å². The molecule has 0 unspecified atom stereocenters. The predicted octanol–water partition coefficient (Wildman–Crippen LogP) is 5.76. The fraction of sp³-hybridized carbons (Fsp3) is 0.0741. The van der Waals surface area contributed by atoms with Crippen LogP contribution in [0.15, 0.2) is 108 Å². The molecule has 0 heterocycles. The van der Waals surface area contributed by atoms with E-state index in [9.17, 15) is 17.6 Å². The summed E-state index contributed by atoms with van der Waals surface area (Å²) in [5.41, 5.74) is 1.44. The van der Waals surface area contributed by atoms with Gasteiger partial charge in [-0.15, -0.1) is 0 Å². The van der Waals surface area contributed by atoms with Crippen LogP contribution in [0.4, 0.5) is 15.8 Å². The van der Waals surface area contributed by atoms with Crippen molar-refractivity contribution in [1.82, 2.24) is 0 Å². The Morgan fingerprint density at radius 1 is 0.857 bits per heavy atom. The monoisotopic (exact) mass is 490 g/mol. The van der Waals surface area contributed by atoms with Gasteiger partial charge in [0, 0.05) is 0 Å². The second kappa shape index (κ2) is 10.4. The summed E-state index contributed by atoms with van der Waals surface area (Å²) in [6.45, 7) is 1.32. The first-order valence-corrected chi connectivity index (χ1v) is 12.2. The third kappa shape index (κ3) is 5.85. The van der Waals surface area contributed by atoms with E-state index in [1.165, 1.54) is 24.3 Å². The molecule has 1 amide bonds. The normalized spacial score (nSPS) is 11.0. The van der Waals surface area contributed by atoms with Gasteiger partial charge in [-0.1, -0.05) is 48.0 Å². The van der Waals surface area contributed by atoms with Gasteiger partial charge in [-0.05, 0) is 67.6 Å². The molecule has 35 heavy (non-hydrogen) atoms. The van der Waals surface area contributed by atoms with E-state index < -0.39 is 28.3 Å². The molecule has 1 N–H and O–H groups in total. The molecule has 0 aliphatic heterocycles. The van der Waals surface area contributed by atoms with Crippen LogP contribution in [0.5, 0.6) is 11.5 Å². The molecule has 4 aromatic rings. The van der Waals surface area contributed by atoms with Crippen molar-refractivity contribution in [2.45, 2.75) is 11.8 Å². The molecule has 178 valence electrons. The number of hydrogen-bond donors (Lipinski definition) is 1. The van der Waals surface area contributed by atoms with Crippen molar-refractivity contribution in [1.29, 1.82) is 0 Å². The van der Waals surface area contributed by atoms with Gasteiger partial charge in [0.1, 0.15) is 18.1 Å². The summed E-state index contributed by atoms with van der Waals surface area (Å²) in [7, 11) is -4.11. The van der Waals surface area contributed by atoms with Crippen LogP contribution in [-0.4, -0.2) is 20.9 Å². The van der Waals surface area contributed by atoms with Crippen LogP contribution < -0.4 is 14.4 Å². The topological polar surface area (TPSA) is 75.7 Å². The molecule has 8 heteroatoms. The number of ether oxygens (including phenoxy) is 1. The van der Waals surface area contributed by atoms with Gasteiger partial charge in [0.05, 0.1) is 16.3 Å². The number of carbonyl (C=O) groups is 1. The second-order valence-corrected chi connectivity index (χ2v) is 9.62. The predicted molar refractivity (Wildman–Crippen MR) is 134 cm³/mol. The van der Waals surface area contributed by atoms with E-state index in [0.717, 1.165) is 22.0 Å². The first-order chi connectivity index (χ1) is 16.8. The van der Waals surface area contributed by atoms with Crippen LogP contribution in [-0.2, 0) is 14.8 Å². The van der Waals surface area contributed by atoms with E-state index in [2.05, 4.69) is 5.32 Å². The number of nitrogens with one attached hydrogen (secondary N) is 1. The Bertz CT molecular complexity index is 1410. The Morgan fingerprint density at radius 2 is 1.49 bits per heavy atom. The highest BCUT2D eigenvalue weighted by atomic mass is 32.2. The molecule has 0 bridgehead atoms. The number of rotatable bonds is 8. The number of sulfonamides is 1. The second-order valence-electron chi connectivity index (χ2n) is 7.76. The molecule has 0 atom stereocenters. The van der Waals surface area contributed by atoms with Crippen LogP contribution in [0.2, 0.25) is 0 Å². The van der Waals surface area contributed by atoms with Crippen LogP contribution in [0.25, 0.3) is 0 Å². The lowest BCUT2D eigenvalue weighted by molar-refractivity contribution is -0.114. The van der Waals surface area contributed by atoms with Crippen molar-refractivity contribution < 1.29 is 22.3 Å². The van der Waals surface area contributed by atoms with Crippen molar-refractivity contribution in [3.63, 3.8) is 0 Å². The first-order valence-electron chi connectivity index (χ1n) is 10.8. The Balaban J connectivity index is 1.61. The third-order valence-electron chi connectivity index (χ3n) is 5.14. The average Bonchev–Trinajstić information content (AvgIpc) is 2.85. The minimum atomic E-state index is -4.11. The van der Waals surface area contributed by atoms with Gasteiger partial charge in [-0.3, -0.25) is 9.10 Å². The first kappa shape index (κ1) is 24.0. The number of anilines is 2. The largest absolute Gasteiger partial charge is 0.455 e. The number of amides is 1. The van der Waals surface area contributed by atoms with Crippen LogP contribution in [0.3, 0.4) is 0 Å². The van der Waals surface area contributed by atoms with Crippen LogP contribution >= 0.6 is 0 Å². The minimum absolute atomic E-state index is 0.0213. The molecule has 0 spiro atoms. The zero-order chi connectivity index (χ0) is 24.8. The Labute approximate surface area is 203 Å². The van der Waals surface area contributed by atoms with E-state index in [4.69, 9.17) is 4.74 Å². The molecule has 6 nitrogen and oxygen atoms in total. The molecular weight excluding hydrogens is 467 g/mol. The molecule has 0 radical (unpaired) electrons. The summed E-state index contributed by atoms with van der Waals surface area (Å²) in [4.78, 5) is 13.1. The maximum absolute atomic E-state index is 13.5. The van der Waals surface area contributed by atoms with Gasteiger partial charge in [-0.2, -0.15) is 0 Å². The summed E-state index contributed by atoms with van der Waals surface area (Å²) in [6, 6.07) is 27.2.